The molecule has 5 heteroatoms. The SMILES string of the molecule is CC(C)OCC(=O)Nc1cc(C#CCCO)ccn1. The number of ether oxygens (including phenoxy) is 1. The summed E-state index contributed by atoms with van der Waals surface area (Å²) in [5.74, 6) is 5.87. The molecule has 0 aliphatic rings. The molecule has 102 valence electrons. The van der Waals surface area contributed by atoms with Crippen LogP contribution < -0.4 is 5.32 Å². The molecule has 5 nitrogen and oxygen atoms in total. The van der Waals surface area contributed by atoms with Crippen molar-refractivity contribution in [3.05, 3.63) is 23.9 Å². The highest BCUT2D eigenvalue weighted by atomic mass is 16.5. The number of hydrogen-bond donors (Lipinski definition) is 2. The Labute approximate surface area is 113 Å². The minimum absolute atomic E-state index is 0.000233. The van der Waals surface area contributed by atoms with Crippen LogP contribution in [0.3, 0.4) is 0 Å². The Morgan fingerprint density at radius 3 is 3.05 bits per heavy atom. The fourth-order valence-corrected chi connectivity index (χ4v) is 1.22. The van der Waals surface area contributed by atoms with Gasteiger partial charge in [-0.3, -0.25) is 4.79 Å². The summed E-state index contributed by atoms with van der Waals surface area (Å²) in [6.07, 6.45) is 2.00. The molecule has 1 amide bonds. The van der Waals surface area contributed by atoms with Crippen molar-refractivity contribution in [2.75, 3.05) is 18.5 Å². The van der Waals surface area contributed by atoms with Gasteiger partial charge in [0.1, 0.15) is 12.4 Å². The molecule has 1 aromatic rings. The lowest BCUT2D eigenvalue weighted by Gasteiger charge is -2.07. The summed E-state index contributed by atoms with van der Waals surface area (Å²) < 4.78 is 5.19. The van der Waals surface area contributed by atoms with Gasteiger partial charge in [-0.05, 0) is 26.0 Å². The highest BCUT2D eigenvalue weighted by molar-refractivity contribution is 5.90. The van der Waals surface area contributed by atoms with Crippen LogP contribution in [0, 0.1) is 11.8 Å². The van der Waals surface area contributed by atoms with Crippen LogP contribution in [-0.2, 0) is 9.53 Å². The monoisotopic (exact) mass is 262 g/mol. The number of rotatable bonds is 5. The third kappa shape index (κ3) is 6.55. The van der Waals surface area contributed by atoms with Crippen LogP contribution in [0.1, 0.15) is 25.8 Å². The molecule has 1 rings (SSSR count). The summed E-state index contributed by atoms with van der Waals surface area (Å²) in [6.45, 7) is 3.76. The molecule has 0 aromatic carbocycles. The zero-order valence-electron chi connectivity index (χ0n) is 11.1. The first-order chi connectivity index (χ1) is 9.11. The van der Waals surface area contributed by atoms with E-state index in [1.54, 1.807) is 18.3 Å². The van der Waals surface area contributed by atoms with Crippen LogP contribution in [0.5, 0.6) is 0 Å². The fourth-order valence-electron chi connectivity index (χ4n) is 1.22. The molecular formula is C14H18N2O3. The molecule has 0 spiro atoms. The Morgan fingerprint density at radius 2 is 2.37 bits per heavy atom. The minimum Gasteiger partial charge on any atom is -0.395 e. The molecule has 1 aromatic heterocycles. The number of aromatic nitrogens is 1. The van der Waals surface area contributed by atoms with Gasteiger partial charge in [0.15, 0.2) is 0 Å². The molecule has 0 atom stereocenters. The predicted molar refractivity (Wildman–Crippen MR) is 72.5 cm³/mol. The lowest BCUT2D eigenvalue weighted by atomic mass is 10.2. The number of carbonyl (C=O) groups excluding carboxylic acids is 1. The van der Waals surface area contributed by atoms with Crippen LogP contribution in [0.15, 0.2) is 18.3 Å². The summed E-state index contributed by atoms with van der Waals surface area (Å²) in [5, 5.41) is 11.3. The third-order valence-corrected chi connectivity index (χ3v) is 2.04. The number of aliphatic hydroxyl groups excluding tert-OH is 1. The van der Waals surface area contributed by atoms with Crippen molar-refractivity contribution in [1.82, 2.24) is 4.98 Å². The minimum atomic E-state index is -0.248. The second-order valence-corrected chi connectivity index (χ2v) is 4.11. The van der Waals surface area contributed by atoms with E-state index in [1.807, 2.05) is 13.8 Å². The second kappa shape index (κ2) is 8.25. The maximum absolute atomic E-state index is 11.5. The molecule has 0 radical (unpaired) electrons. The van der Waals surface area contributed by atoms with Crippen LogP contribution in [0.4, 0.5) is 5.82 Å². The Kier molecular flexibility index (Phi) is 6.58. The smallest absolute Gasteiger partial charge is 0.251 e. The van der Waals surface area contributed by atoms with Crippen molar-refractivity contribution in [3.63, 3.8) is 0 Å². The van der Waals surface area contributed by atoms with Gasteiger partial charge in [0.2, 0.25) is 0 Å². The predicted octanol–water partition coefficient (Wildman–Crippen LogP) is 1.18. The number of carbonyl (C=O) groups is 1. The van der Waals surface area contributed by atoms with Crippen LogP contribution in [0.25, 0.3) is 0 Å². The molecule has 19 heavy (non-hydrogen) atoms. The quantitative estimate of drug-likeness (QED) is 0.782. The van der Waals surface area contributed by atoms with Crippen molar-refractivity contribution in [1.29, 1.82) is 0 Å². The molecule has 0 fully saturated rings. The molecule has 0 aliphatic carbocycles. The standard InChI is InChI=1S/C14H18N2O3/c1-11(2)19-10-14(18)16-13-9-12(6-7-15-13)5-3-4-8-17/h6-7,9,11,17H,4,8,10H2,1-2H3,(H,15,16,18). The fraction of sp³-hybridized carbons (Fsp3) is 0.429. The van der Waals surface area contributed by atoms with E-state index in [2.05, 4.69) is 22.1 Å². The van der Waals surface area contributed by atoms with E-state index in [-0.39, 0.29) is 25.2 Å². The van der Waals surface area contributed by atoms with Crippen molar-refractivity contribution >= 4 is 11.7 Å². The summed E-state index contributed by atoms with van der Waals surface area (Å²) in [5.41, 5.74) is 0.739. The summed E-state index contributed by atoms with van der Waals surface area (Å²) in [6, 6.07) is 3.42. The van der Waals surface area contributed by atoms with E-state index in [1.165, 1.54) is 0 Å². The Balaban J connectivity index is 2.57. The van der Waals surface area contributed by atoms with Gasteiger partial charge < -0.3 is 15.2 Å². The first kappa shape index (κ1) is 15.2. The number of nitrogens with one attached hydrogen (secondary N) is 1. The molecule has 0 saturated carbocycles. The van der Waals surface area contributed by atoms with Gasteiger partial charge in [-0.1, -0.05) is 11.8 Å². The highest BCUT2D eigenvalue weighted by Gasteiger charge is 2.05. The topological polar surface area (TPSA) is 71.5 Å². The molecule has 0 saturated heterocycles. The van der Waals surface area contributed by atoms with Gasteiger partial charge in [-0.15, -0.1) is 0 Å². The second-order valence-electron chi connectivity index (χ2n) is 4.11. The molecule has 0 aliphatic heterocycles. The lowest BCUT2D eigenvalue weighted by Crippen LogP contribution is -2.21. The van der Waals surface area contributed by atoms with Gasteiger partial charge in [0, 0.05) is 18.2 Å². The first-order valence-corrected chi connectivity index (χ1v) is 6.09. The first-order valence-electron chi connectivity index (χ1n) is 6.09. The third-order valence-electron chi connectivity index (χ3n) is 2.04. The number of pyridine rings is 1. The molecule has 0 bridgehead atoms. The Bertz CT molecular complexity index is 475. The van der Waals surface area contributed by atoms with E-state index < -0.39 is 0 Å². The number of nitrogens with zero attached hydrogens (tertiary/aromatic N) is 1. The van der Waals surface area contributed by atoms with Gasteiger partial charge in [-0.2, -0.15) is 0 Å². The average molecular weight is 262 g/mol. The van der Waals surface area contributed by atoms with Crippen molar-refractivity contribution < 1.29 is 14.6 Å². The van der Waals surface area contributed by atoms with Crippen LogP contribution >= 0.6 is 0 Å². The molecule has 1 heterocycles. The van der Waals surface area contributed by atoms with E-state index >= 15 is 0 Å². The van der Waals surface area contributed by atoms with E-state index in [9.17, 15) is 4.79 Å². The number of amides is 1. The van der Waals surface area contributed by atoms with Gasteiger partial charge in [-0.25, -0.2) is 4.98 Å². The zero-order valence-corrected chi connectivity index (χ0v) is 11.1. The maximum Gasteiger partial charge on any atom is 0.251 e. The summed E-state index contributed by atoms with van der Waals surface area (Å²) >= 11 is 0. The van der Waals surface area contributed by atoms with Crippen molar-refractivity contribution in [2.45, 2.75) is 26.4 Å². The van der Waals surface area contributed by atoms with E-state index in [0.717, 1.165) is 5.56 Å². The normalized spacial score (nSPS) is 9.89. The van der Waals surface area contributed by atoms with E-state index in [0.29, 0.717) is 12.2 Å². The maximum atomic E-state index is 11.5. The Morgan fingerprint density at radius 1 is 1.58 bits per heavy atom. The molecule has 2 N–H and O–H groups in total. The summed E-state index contributed by atoms with van der Waals surface area (Å²) in [4.78, 5) is 15.6. The summed E-state index contributed by atoms with van der Waals surface area (Å²) in [7, 11) is 0. The van der Waals surface area contributed by atoms with Crippen LogP contribution in [-0.4, -0.2) is 35.3 Å². The van der Waals surface area contributed by atoms with Gasteiger partial charge in [0.05, 0.1) is 12.7 Å². The lowest BCUT2D eigenvalue weighted by molar-refractivity contribution is -0.121. The zero-order chi connectivity index (χ0) is 14.1. The van der Waals surface area contributed by atoms with E-state index in [4.69, 9.17) is 9.84 Å². The molecule has 0 unspecified atom stereocenters. The Hall–Kier alpha value is -1.90. The van der Waals surface area contributed by atoms with Gasteiger partial charge in [0.25, 0.3) is 5.91 Å². The highest BCUT2D eigenvalue weighted by Crippen LogP contribution is 2.05. The molecular weight excluding hydrogens is 244 g/mol. The van der Waals surface area contributed by atoms with Crippen molar-refractivity contribution in [2.24, 2.45) is 0 Å². The number of anilines is 1. The van der Waals surface area contributed by atoms with Gasteiger partial charge >= 0.3 is 0 Å². The van der Waals surface area contributed by atoms with Crippen LogP contribution in [0.2, 0.25) is 0 Å². The number of hydrogen-bond acceptors (Lipinski definition) is 4. The largest absolute Gasteiger partial charge is 0.395 e. The van der Waals surface area contributed by atoms with Crippen molar-refractivity contribution in [3.8, 4) is 11.8 Å². The number of aliphatic hydroxyl groups is 1. The average Bonchev–Trinajstić information content (AvgIpc) is 2.37.